The number of hydrogen-bond donors (Lipinski definition) is 5. The highest BCUT2D eigenvalue weighted by Crippen LogP contribution is 2.41. The van der Waals surface area contributed by atoms with Gasteiger partial charge >= 0.3 is 11.7 Å². The number of phenols is 2. The number of phenolic OH excluding ortho intramolecular Hbond substituents is 2. The summed E-state index contributed by atoms with van der Waals surface area (Å²) in [5.74, 6) is -2.17. The van der Waals surface area contributed by atoms with E-state index >= 15 is 0 Å². The maximum Gasteiger partial charge on any atom is 0.336 e. The van der Waals surface area contributed by atoms with Gasteiger partial charge in [0.25, 0.3) is 5.56 Å². The minimum Gasteiger partial charge on any atom is -0.504 e. The third kappa shape index (κ3) is 2.65. The first-order valence-electron chi connectivity index (χ1n) is 7.28. The van der Waals surface area contributed by atoms with Crippen molar-refractivity contribution in [3.8, 4) is 11.5 Å². The van der Waals surface area contributed by atoms with Crippen LogP contribution in [0.25, 0.3) is 0 Å². The molecule has 1 aliphatic heterocycles. The van der Waals surface area contributed by atoms with E-state index in [9.17, 15) is 24.6 Å². The van der Waals surface area contributed by atoms with Gasteiger partial charge in [0.1, 0.15) is 5.82 Å². The maximum absolute atomic E-state index is 12.4. The second-order valence-corrected chi connectivity index (χ2v) is 5.53. The van der Waals surface area contributed by atoms with Crippen LogP contribution in [0, 0.1) is 0 Å². The average molecular weight is 345 g/mol. The standard InChI is InChI=1S/C16H15N3O6/c1-6-10(15(23)25-2)11(7-3-4-8(20)9(21)5-7)12-13(17-6)18-16(24)19-14(12)22/h3-5,11,20-21H,1-2H3,(H3,17,18,19,22,24)/t11-/m1/s1. The van der Waals surface area contributed by atoms with Gasteiger partial charge in [0.05, 0.1) is 24.2 Å². The van der Waals surface area contributed by atoms with Crippen LogP contribution < -0.4 is 16.6 Å². The van der Waals surface area contributed by atoms with Crippen molar-refractivity contribution < 1.29 is 19.7 Å². The van der Waals surface area contributed by atoms with E-state index < -0.39 is 28.9 Å². The summed E-state index contributed by atoms with van der Waals surface area (Å²) in [6.07, 6.45) is 0. The minimum atomic E-state index is -0.907. The Labute approximate surface area is 140 Å². The number of aromatic hydroxyl groups is 2. The number of methoxy groups -OCH3 is 1. The van der Waals surface area contributed by atoms with Crippen molar-refractivity contribution in [1.29, 1.82) is 0 Å². The third-order valence-electron chi connectivity index (χ3n) is 4.01. The summed E-state index contributed by atoms with van der Waals surface area (Å²) in [4.78, 5) is 40.8. The van der Waals surface area contributed by atoms with Gasteiger partial charge in [-0.15, -0.1) is 0 Å². The van der Waals surface area contributed by atoms with Crippen LogP contribution in [-0.2, 0) is 9.53 Å². The largest absolute Gasteiger partial charge is 0.504 e. The van der Waals surface area contributed by atoms with E-state index in [1.807, 2.05) is 0 Å². The summed E-state index contributed by atoms with van der Waals surface area (Å²) in [6, 6.07) is 3.96. The monoisotopic (exact) mass is 345 g/mol. The zero-order valence-electron chi connectivity index (χ0n) is 13.3. The van der Waals surface area contributed by atoms with Crippen molar-refractivity contribution in [1.82, 2.24) is 9.97 Å². The molecule has 1 aromatic carbocycles. The second kappa shape index (κ2) is 5.86. The fourth-order valence-corrected chi connectivity index (χ4v) is 2.92. The molecule has 5 N–H and O–H groups in total. The maximum atomic E-state index is 12.4. The number of aromatic nitrogens is 2. The number of carbonyl (C=O) groups excluding carboxylic acids is 1. The lowest BCUT2D eigenvalue weighted by atomic mass is 9.82. The number of hydrogen-bond acceptors (Lipinski definition) is 7. The fourth-order valence-electron chi connectivity index (χ4n) is 2.92. The van der Waals surface area contributed by atoms with Gasteiger partial charge in [0, 0.05) is 5.70 Å². The smallest absolute Gasteiger partial charge is 0.336 e. The molecule has 3 rings (SSSR count). The summed E-state index contributed by atoms with van der Waals surface area (Å²) in [5, 5.41) is 22.1. The summed E-state index contributed by atoms with van der Waals surface area (Å²) < 4.78 is 4.81. The minimum absolute atomic E-state index is 0.0932. The number of rotatable bonds is 2. The van der Waals surface area contributed by atoms with Gasteiger partial charge in [-0.3, -0.25) is 14.8 Å². The molecule has 0 spiro atoms. The summed E-state index contributed by atoms with van der Waals surface area (Å²) >= 11 is 0. The van der Waals surface area contributed by atoms with E-state index in [4.69, 9.17) is 4.74 Å². The first-order valence-corrected chi connectivity index (χ1v) is 7.28. The Balaban J connectivity index is 2.34. The van der Waals surface area contributed by atoms with E-state index in [0.29, 0.717) is 11.3 Å². The van der Waals surface area contributed by atoms with Crippen molar-refractivity contribution in [3.63, 3.8) is 0 Å². The van der Waals surface area contributed by atoms with E-state index in [0.717, 1.165) is 0 Å². The van der Waals surface area contributed by atoms with E-state index in [2.05, 4.69) is 15.3 Å². The zero-order valence-corrected chi connectivity index (χ0v) is 13.3. The molecule has 0 bridgehead atoms. The second-order valence-electron chi connectivity index (χ2n) is 5.53. The first kappa shape index (κ1) is 16.4. The van der Waals surface area contributed by atoms with Crippen LogP contribution in [0.15, 0.2) is 39.1 Å². The van der Waals surface area contributed by atoms with Gasteiger partial charge in [-0.2, -0.15) is 0 Å². The van der Waals surface area contributed by atoms with Gasteiger partial charge in [-0.05, 0) is 24.6 Å². The van der Waals surface area contributed by atoms with Crippen LogP contribution in [0.2, 0.25) is 0 Å². The molecule has 1 aromatic heterocycles. The lowest BCUT2D eigenvalue weighted by molar-refractivity contribution is -0.136. The van der Waals surface area contributed by atoms with Gasteiger partial charge in [-0.25, -0.2) is 9.59 Å². The molecule has 1 atom stereocenters. The molecule has 130 valence electrons. The topological polar surface area (TPSA) is 145 Å². The molecule has 0 saturated heterocycles. The normalized spacial score (nSPS) is 16.2. The Morgan fingerprint density at radius 1 is 1.16 bits per heavy atom. The molecule has 0 radical (unpaired) electrons. The predicted molar refractivity (Wildman–Crippen MR) is 87.6 cm³/mol. The highest BCUT2D eigenvalue weighted by Gasteiger charge is 2.36. The number of esters is 1. The number of carbonyl (C=O) groups is 1. The summed E-state index contributed by atoms with van der Waals surface area (Å²) in [5.41, 5.74) is -0.377. The van der Waals surface area contributed by atoms with Crippen LogP contribution in [0.5, 0.6) is 11.5 Å². The zero-order chi connectivity index (χ0) is 18.3. The summed E-state index contributed by atoms with van der Waals surface area (Å²) in [7, 11) is 1.21. The van der Waals surface area contributed by atoms with E-state index in [1.165, 1.54) is 25.3 Å². The number of ether oxygens (including phenoxy) is 1. The third-order valence-corrected chi connectivity index (χ3v) is 4.01. The van der Waals surface area contributed by atoms with Crippen LogP contribution in [0.3, 0.4) is 0 Å². The van der Waals surface area contributed by atoms with Crippen LogP contribution in [0.1, 0.15) is 24.0 Å². The molecular weight excluding hydrogens is 330 g/mol. The van der Waals surface area contributed by atoms with Gasteiger partial charge < -0.3 is 20.3 Å². The van der Waals surface area contributed by atoms with Gasteiger partial charge in [-0.1, -0.05) is 6.07 Å². The van der Waals surface area contributed by atoms with Crippen molar-refractivity contribution in [3.05, 3.63) is 61.4 Å². The quantitative estimate of drug-likeness (QED) is 0.393. The fraction of sp³-hybridized carbons (Fsp3) is 0.188. The van der Waals surface area contributed by atoms with Crippen LogP contribution in [0.4, 0.5) is 5.82 Å². The number of allylic oxidation sites excluding steroid dienone is 1. The molecule has 25 heavy (non-hydrogen) atoms. The highest BCUT2D eigenvalue weighted by molar-refractivity contribution is 5.94. The first-order chi connectivity index (χ1) is 11.8. The number of H-pyrrole nitrogens is 2. The molecule has 0 saturated carbocycles. The molecule has 2 aromatic rings. The van der Waals surface area contributed by atoms with Crippen LogP contribution in [-0.4, -0.2) is 33.3 Å². The predicted octanol–water partition coefficient (Wildman–Crippen LogP) is 0.479. The number of benzene rings is 1. The van der Waals surface area contributed by atoms with Crippen molar-refractivity contribution in [2.75, 3.05) is 12.4 Å². The van der Waals surface area contributed by atoms with E-state index in [-0.39, 0.29) is 22.7 Å². The van der Waals surface area contributed by atoms with E-state index in [1.54, 1.807) is 6.92 Å². The Morgan fingerprint density at radius 3 is 2.52 bits per heavy atom. The van der Waals surface area contributed by atoms with Crippen molar-refractivity contribution in [2.24, 2.45) is 0 Å². The Bertz CT molecular complexity index is 1020. The Morgan fingerprint density at radius 2 is 1.88 bits per heavy atom. The molecule has 9 nitrogen and oxygen atoms in total. The lowest BCUT2D eigenvalue weighted by Crippen LogP contribution is -2.34. The van der Waals surface area contributed by atoms with Crippen LogP contribution >= 0.6 is 0 Å². The molecule has 2 heterocycles. The highest BCUT2D eigenvalue weighted by atomic mass is 16.5. The number of fused-ring (bicyclic) bond motifs is 1. The van der Waals surface area contributed by atoms with Gasteiger partial charge in [0.2, 0.25) is 0 Å². The number of nitrogens with one attached hydrogen (secondary N) is 3. The molecular formula is C16H15N3O6. The van der Waals surface area contributed by atoms with Crippen molar-refractivity contribution in [2.45, 2.75) is 12.8 Å². The molecule has 0 fully saturated rings. The summed E-state index contributed by atoms with van der Waals surface area (Å²) in [6.45, 7) is 1.60. The SMILES string of the molecule is COC(=O)C1=C(C)Nc2[nH]c(=O)[nH]c(=O)c2[C@@H]1c1ccc(O)c(O)c1. The molecule has 0 aliphatic carbocycles. The molecule has 0 unspecified atom stereocenters. The Hall–Kier alpha value is -3.49. The number of aromatic amines is 2. The lowest BCUT2D eigenvalue weighted by Gasteiger charge is -2.28. The molecule has 0 amide bonds. The molecule has 1 aliphatic rings. The van der Waals surface area contributed by atoms with Crippen molar-refractivity contribution >= 4 is 11.8 Å². The number of anilines is 1. The Kier molecular flexibility index (Phi) is 3.84. The average Bonchev–Trinajstić information content (AvgIpc) is 2.55. The molecule has 9 heteroatoms. The van der Waals surface area contributed by atoms with Gasteiger partial charge in [0.15, 0.2) is 11.5 Å².